The summed E-state index contributed by atoms with van der Waals surface area (Å²) in [4.78, 5) is 13.2. The van der Waals surface area contributed by atoms with E-state index in [1.807, 2.05) is 49.4 Å². The van der Waals surface area contributed by atoms with Crippen LogP contribution in [-0.2, 0) is 6.54 Å². The highest BCUT2D eigenvalue weighted by molar-refractivity contribution is 5.62. The van der Waals surface area contributed by atoms with Crippen molar-refractivity contribution in [2.75, 3.05) is 17.4 Å². The number of nitrogens with zero attached hydrogens (tertiary/aromatic N) is 3. The van der Waals surface area contributed by atoms with Gasteiger partial charge in [-0.15, -0.1) is 0 Å². The highest BCUT2D eigenvalue weighted by Gasteiger charge is 2.13. The van der Waals surface area contributed by atoms with Gasteiger partial charge in [-0.05, 0) is 31.2 Å². The molecule has 7 heteroatoms. The predicted molar refractivity (Wildman–Crippen MR) is 94.2 cm³/mol. The number of nitrogens with one attached hydrogen (secondary N) is 2. The van der Waals surface area contributed by atoms with Crippen LogP contribution in [0.4, 0.5) is 17.5 Å². The van der Waals surface area contributed by atoms with Crippen LogP contribution in [0.15, 0.2) is 48.7 Å². The van der Waals surface area contributed by atoms with Gasteiger partial charge in [-0.1, -0.05) is 6.07 Å². The number of aryl methyl sites for hydroxylation is 1. The van der Waals surface area contributed by atoms with Crippen molar-refractivity contribution in [3.8, 4) is 11.5 Å². The molecule has 4 rings (SSSR count). The van der Waals surface area contributed by atoms with E-state index >= 15 is 0 Å². The second-order valence-electron chi connectivity index (χ2n) is 5.59. The number of rotatable bonds is 5. The molecule has 0 fully saturated rings. The maximum absolute atomic E-state index is 5.40. The van der Waals surface area contributed by atoms with Gasteiger partial charge in [0.1, 0.15) is 5.82 Å². The van der Waals surface area contributed by atoms with Gasteiger partial charge in [-0.3, -0.25) is 4.98 Å². The Morgan fingerprint density at radius 2 is 1.96 bits per heavy atom. The van der Waals surface area contributed by atoms with Crippen LogP contribution in [0.5, 0.6) is 11.5 Å². The molecule has 25 heavy (non-hydrogen) atoms. The fourth-order valence-corrected chi connectivity index (χ4v) is 2.51. The van der Waals surface area contributed by atoms with Gasteiger partial charge < -0.3 is 20.1 Å². The third-order valence-electron chi connectivity index (χ3n) is 3.65. The van der Waals surface area contributed by atoms with E-state index in [-0.39, 0.29) is 6.79 Å². The highest BCUT2D eigenvalue weighted by atomic mass is 16.7. The van der Waals surface area contributed by atoms with Crippen molar-refractivity contribution >= 4 is 17.5 Å². The van der Waals surface area contributed by atoms with Crippen LogP contribution in [0.1, 0.15) is 11.4 Å². The Kier molecular flexibility index (Phi) is 4.04. The third-order valence-corrected chi connectivity index (χ3v) is 3.65. The molecule has 3 aromatic rings. The summed E-state index contributed by atoms with van der Waals surface area (Å²) < 4.78 is 10.7. The van der Waals surface area contributed by atoms with Crippen LogP contribution in [0.2, 0.25) is 0 Å². The van der Waals surface area contributed by atoms with Gasteiger partial charge in [0.15, 0.2) is 11.5 Å². The lowest BCUT2D eigenvalue weighted by molar-refractivity contribution is 0.174. The fraction of sp³-hybridized carbons (Fsp3) is 0.167. The first-order valence-corrected chi connectivity index (χ1v) is 7.92. The van der Waals surface area contributed by atoms with Gasteiger partial charge >= 0.3 is 0 Å². The maximum Gasteiger partial charge on any atom is 0.231 e. The molecule has 0 radical (unpaired) electrons. The Balaban J connectivity index is 1.49. The summed E-state index contributed by atoms with van der Waals surface area (Å²) in [5, 5.41) is 6.47. The first kappa shape index (κ1) is 15.2. The topological polar surface area (TPSA) is 81.2 Å². The molecule has 1 aliphatic heterocycles. The van der Waals surface area contributed by atoms with E-state index in [9.17, 15) is 0 Å². The molecular formula is C18H17N5O2. The monoisotopic (exact) mass is 335 g/mol. The fourth-order valence-electron chi connectivity index (χ4n) is 2.51. The zero-order chi connectivity index (χ0) is 17.1. The second-order valence-corrected chi connectivity index (χ2v) is 5.59. The summed E-state index contributed by atoms with van der Waals surface area (Å²) in [7, 11) is 0. The van der Waals surface area contributed by atoms with Crippen LogP contribution in [0.3, 0.4) is 0 Å². The number of aromatic nitrogens is 3. The van der Waals surface area contributed by atoms with E-state index in [0.717, 1.165) is 28.6 Å². The Morgan fingerprint density at radius 3 is 2.84 bits per heavy atom. The molecule has 0 unspecified atom stereocenters. The predicted octanol–water partition coefficient (Wildman–Crippen LogP) is 3.26. The minimum atomic E-state index is 0.257. The number of anilines is 3. The van der Waals surface area contributed by atoms with Crippen LogP contribution < -0.4 is 20.1 Å². The summed E-state index contributed by atoms with van der Waals surface area (Å²) >= 11 is 0. The van der Waals surface area contributed by atoms with Crippen molar-refractivity contribution in [1.29, 1.82) is 0 Å². The lowest BCUT2D eigenvalue weighted by Crippen LogP contribution is -2.07. The van der Waals surface area contributed by atoms with Crippen molar-refractivity contribution in [3.63, 3.8) is 0 Å². The number of ether oxygens (including phenoxy) is 2. The minimum absolute atomic E-state index is 0.257. The van der Waals surface area contributed by atoms with Gasteiger partial charge in [-0.25, -0.2) is 4.98 Å². The third kappa shape index (κ3) is 3.60. The van der Waals surface area contributed by atoms with E-state index in [2.05, 4.69) is 25.6 Å². The lowest BCUT2D eigenvalue weighted by Gasteiger charge is -2.10. The van der Waals surface area contributed by atoms with Crippen LogP contribution >= 0.6 is 0 Å². The summed E-state index contributed by atoms with van der Waals surface area (Å²) in [5.74, 6) is 2.73. The minimum Gasteiger partial charge on any atom is -0.454 e. The molecule has 1 aromatic carbocycles. The van der Waals surface area contributed by atoms with Gasteiger partial charge in [0.2, 0.25) is 12.7 Å². The summed E-state index contributed by atoms with van der Waals surface area (Å²) in [6.07, 6.45) is 1.76. The SMILES string of the molecule is Cc1cc(Nc2ccc3c(c2)OCO3)nc(NCc2ccccn2)n1. The van der Waals surface area contributed by atoms with Crippen molar-refractivity contribution in [2.45, 2.75) is 13.5 Å². The van der Waals surface area contributed by atoms with E-state index in [1.54, 1.807) is 6.20 Å². The maximum atomic E-state index is 5.40. The normalized spacial score (nSPS) is 12.0. The van der Waals surface area contributed by atoms with Gasteiger partial charge in [0, 0.05) is 29.7 Å². The molecule has 0 spiro atoms. The van der Waals surface area contributed by atoms with E-state index in [4.69, 9.17) is 9.47 Å². The molecule has 2 aromatic heterocycles. The van der Waals surface area contributed by atoms with Crippen molar-refractivity contribution in [2.24, 2.45) is 0 Å². The summed E-state index contributed by atoms with van der Waals surface area (Å²) in [6.45, 7) is 2.75. The zero-order valence-corrected chi connectivity index (χ0v) is 13.7. The number of fused-ring (bicyclic) bond motifs is 1. The zero-order valence-electron chi connectivity index (χ0n) is 13.7. The van der Waals surface area contributed by atoms with E-state index in [1.165, 1.54) is 0 Å². The summed E-state index contributed by atoms with van der Waals surface area (Å²) in [5.41, 5.74) is 2.66. The van der Waals surface area contributed by atoms with Crippen LogP contribution in [0, 0.1) is 6.92 Å². The Bertz CT molecular complexity index is 886. The lowest BCUT2D eigenvalue weighted by atomic mass is 10.2. The summed E-state index contributed by atoms with van der Waals surface area (Å²) in [6, 6.07) is 13.4. The smallest absolute Gasteiger partial charge is 0.231 e. The Labute approximate surface area is 145 Å². The molecule has 0 saturated heterocycles. The number of benzene rings is 1. The average molecular weight is 335 g/mol. The van der Waals surface area contributed by atoms with Gasteiger partial charge in [0.05, 0.1) is 12.2 Å². The highest BCUT2D eigenvalue weighted by Crippen LogP contribution is 2.35. The van der Waals surface area contributed by atoms with Crippen LogP contribution in [-0.4, -0.2) is 21.7 Å². The quantitative estimate of drug-likeness (QED) is 0.740. The van der Waals surface area contributed by atoms with Gasteiger partial charge in [-0.2, -0.15) is 4.98 Å². The van der Waals surface area contributed by atoms with E-state index < -0.39 is 0 Å². The van der Waals surface area contributed by atoms with Crippen molar-refractivity contribution in [1.82, 2.24) is 15.0 Å². The van der Waals surface area contributed by atoms with Crippen molar-refractivity contribution < 1.29 is 9.47 Å². The molecular weight excluding hydrogens is 318 g/mol. The molecule has 2 N–H and O–H groups in total. The Hall–Kier alpha value is -3.35. The molecule has 0 aliphatic carbocycles. The first-order valence-electron chi connectivity index (χ1n) is 7.92. The molecule has 126 valence electrons. The standard InChI is InChI=1S/C18H17N5O2/c1-12-8-17(22-13-5-6-15-16(9-13)25-11-24-15)23-18(21-12)20-10-14-4-2-3-7-19-14/h2-9H,10-11H2,1H3,(H2,20,21,22,23). The van der Waals surface area contributed by atoms with Gasteiger partial charge in [0.25, 0.3) is 0 Å². The van der Waals surface area contributed by atoms with E-state index in [0.29, 0.717) is 18.3 Å². The molecule has 3 heterocycles. The molecule has 1 aliphatic rings. The molecule has 0 amide bonds. The molecule has 0 bridgehead atoms. The number of pyridine rings is 1. The average Bonchev–Trinajstić information content (AvgIpc) is 3.08. The largest absolute Gasteiger partial charge is 0.454 e. The molecule has 0 saturated carbocycles. The molecule has 0 atom stereocenters. The number of hydrogen-bond donors (Lipinski definition) is 2. The first-order chi connectivity index (χ1) is 12.3. The number of hydrogen-bond acceptors (Lipinski definition) is 7. The molecule has 7 nitrogen and oxygen atoms in total. The second kappa shape index (κ2) is 6.64. The Morgan fingerprint density at radius 1 is 1.04 bits per heavy atom. The van der Waals surface area contributed by atoms with Crippen LogP contribution in [0.25, 0.3) is 0 Å². The van der Waals surface area contributed by atoms with Crippen molar-refractivity contribution in [3.05, 3.63) is 60.0 Å².